The van der Waals surface area contributed by atoms with Gasteiger partial charge in [0.05, 0.1) is 54.0 Å². The lowest BCUT2D eigenvalue weighted by Gasteiger charge is -2.28. The summed E-state index contributed by atoms with van der Waals surface area (Å²) in [7, 11) is 2.13. The number of H-pyrrole nitrogens is 1. The summed E-state index contributed by atoms with van der Waals surface area (Å²) in [5.41, 5.74) is 4.81. The van der Waals surface area contributed by atoms with Gasteiger partial charge in [-0.05, 0) is 56.7 Å². The van der Waals surface area contributed by atoms with Crippen LogP contribution in [0.25, 0.3) is 27.7 Å². The fourth-order valence-corrected chi connectivity index (χ4v) is 5.68. The first-order valence-corrected chi connectivity index (χ1v) is 13.9. The first-order chi connectivity index (χ1) is 20.0. The highest BCUT2D eigenvalue weighted by Gasteiger charge is 2.23. The summed E-state index contributed by atoms with van der Waals surface area (Å²) in [6.07, 6.45) is 12.6. The number of aromatic nitrogens is 6. The van der Waals surface area contributed by atoms with E-state index in [1.54, 1.807) is 28.0 Å². The lowest BCUT2D eigenvalue weighted by molar-refractivity contribution is 0.0304. The molecule has 5 aromatic rings. The van der Waals surface area contributed by atoms with E-state index in [4.69, 9.17) is 4.74 Å². The first kappa shape index (κ1) is 25.4. The number of fused-ring (bicyclic) bond motifs is 2. The van der Waals surface area contributed by atoms with Gasteiger partial charge in [-0.1, -0.05) is 0 Å². The number of piperidine rings is 1. The van der Waals surface area contributed by atoms with Crippen LogP contribution < -0.4 is 5.32 Å². The zero-order chi connectivity index (χ0) is 27.9. The van der Waals surface area contributed by atoms with E-state index in [9.17, 15) is 9.59 Å². The van der Waals surface area contributed by atoms with Crippen LogP contribution in [0.4, 0.5) is 5.69 Å². The molecule has 41 heavy (non-hydrogen) atoms. The zero-order valence-corrected chi connectivity index (χ0v) is 22.8. The lowest BCUT2D eigenvalue weighted by Crippen LogP contribution is -2.40. The van der Waals surface area contributed by atoms with Gasteiger partial charge in [-0.2, -0.15) is 10.2 Å². The Kier molecular flexibility index (Phi) is 6.48. The van der Waals surface area contributed by atoms with Crippen LogP contribution in [0.3, 0.4) is 0 Å². The van der Waals surface area contributed by atoms with Crippen molar-refractivity contribution in [2.24, 2.45) is 0 Å². The van der Waals surface area contributed by atoms with E-state index in [2.05, 4.69) is 37.4 Å². The summed E-state index contributed by atoms with van der Waals surface area (Å²) in [5.74, 6) is -0.307. The minimum absolute atomic E-state index is 0.0563. The molecule has 2 aliphatic heterocycles. The maximum Gasteiger partial charge on any atom is 0.257 e. The second-order valence-electron chi connectivity index (χ2n) is 10.7. The molecule has 12 nitrogen and oxygen atoms in total. The van der Waals surface area contributed by atoms with E-state index >= 15 is 0 Å². The Hall–Kier alpha value is -4.55. The number of likely N-dealkylation sites (tertiary alicyclic amines) is 1. The van der Waals surface area contributed by atoms with E-state index in [0.717, 1.165) is 48.0 Å². The second-order valence-corrected chi connectivity index (χ2v) is 10.7. The SMILES string of the molecule is CN1CCC(n2cc(NC(=O)c3cnc4[nH]cc(-c5ccn6ncc(C(=O)N7CCOCC7)c6c5)c4c3)cn2)CC1. The maximum atomic E-state index is 13.2. The number of morpholine rings is 1. The van der Waals surface area contributed by atoms with Crippen molar-refractivity contribution >= 4 is 34.1 Å². The van der Waals surface area contributed by atoms with Crippen molar-refractivity contribution < 1.29 is 14.3 Å². The van der Waals surface area contributed by atoms with Crippen molar-refractivity contribution in [1.82, 2.24) is 39.2 Å². The summed E-state index contributed by atoms with van der Waals surface area (Å²) in [6, 6.07) is 6.07. The number of hydrogen-bond acceptors (Lipinski definition) is 7. The number of anilines is 1. The van der Waals surface area contributed by atoms with Crippen LogP contribution in [0.15, 0.2) is 55.4 Å². The van der Waals surface area contributed by atoms with Gasteiger partial charge < -0.3 is 24.8 Å². The number of carbonyl (C=O) groups is 2. The monoisotopic (exact) mass is 553 g/mol. The van der Waals surface area contributed by atoms with E-state index in [0.29, 0.717) is 54.8 Å². The van der Waals surface area contributed by atoms with Crippen molar-refractivity contribution in [3.8, 4) is 11.1 Å². The highest BCUT2D eigenvalue weighted by Crippen LogP contribution is 2.30. The quantitative estimate of drug-likeness (QED) is 0.343. The third kappa shape index (κ3) is 4.85. The van der Waals surface area contributed by atoms with Gasteiger partial charge in [-0.25, -0.2) is 9.50 Å². The molecule has 5 aromatic heterocycles. The van der Waals surface area contributed by atoms with Crippen LogP contribution in [-0.4, -0.2) is 97.4 Å². The van der Waals surface area contributed by atoms with Gasteiger partial charge in [0.2, 0.25) is 0 Å². The summed E-state index contributed by atoms with van der Waals surface area (Å²) in [4.78, 5) is 38.2. The van der Waals surface area contributed by atoms with Gasteiger partial charge in [0.25, 0.3) is 11.8 Å². The summed E-state index contributed by atoms with van der Waals surface area (Å²) in [6.45, 7) is 4.28. The molecular formula is C29H31N9O3. The average molecular weight is 554 g/mol. The molecule has 2 saturated heterocycles. The molecule has 2 amide bonds. The molecule has 7 heterocycles. The molecule has 7 rings (SSSR count). The zero-order valence-electron chi connectivity index (χ0n) is 22.8. The summed E-state index contributed by atoms with van der Waals surface area (Å²) in [5, 5.41) is 12.7. The fourth-order valence-electron chi connectivity index (χ4n) is 5.68. The lowest BCUT2D eigenvalue weighted by atomic mass is 10.0. The number of amides is 2. The average Bonchev–Trinajstić information content (AvgIpc) is 3.75. The van der Waals surface area contributed by atoms with Gasteiger partial charge in [-0.3, -0.25) is 14.3 Å². The highest BCUT2D eigenvalue weighted by molar-refractivity contribution is 6.07. The Labute approximate surface area is 235 Å². The van der Waals surface area contributed by atoms with Crippen molar-refractivity contribution in [3.63, 3.8) is 0 Å². The van der Waals surface area contributed by atoms with E-state index < -0.39 is 0 Å². The molecule has 0 atom stereocenters. The number of hydrogen-bond donors (Lipinski definition) is 2. The number of nitrogens with zero attached hydrogens (tertiary/aromatic N) is 7. The van der Waals surface area contributed by atoms with Gasteiger partial charge >= 0.3 is 0 Å². The molecule has 0 saturated carbocycles. The van der Waals surface area contributed by atoms with Gasteiger partial charge in [0, 0.05) is 48.8 Å². The molecule has 0 bridgehead atoms. The predicted molar refractivity (Wildman–Crippen MR) is 153 cm³/mol. The molecule has 210 valence electrons. The Morgan fingerprint density at radius 1 is 1.05 bits per heavy atom. The van der Waals surface area contributed by atoms with Crippen molar-refractivity contribution in [1.29, 1.82) is 0 Å². The number of aromatic amines is 1. The van der Waals surface area contributed by atoms with E-state index in [1.807, 2.05) is 41.5 Å². The topological polar surface area (TPSA) is 126 Å². The molecule has 0 radical (unpaired) electrons. The Bertz CT molecular complexity index is 1740. The minimum Gasteiger partial charge on any atom is -0.378 e. The molecule has 12 heteroatoms. The largest absolute Gasteiger partial charge is 0.378 e. The van der Waals surface area contributed by atoms with Crippen LogP contribution in [-0.2, 0) is 4.74 Å². The van der Waals surface area contributed by atoms with Gasteiger partial charge in [-0.15, -0.1) is 0 Å². The smallest absolute Gasteiger partial charge is 0.257 e. The van der Waals surface area contributed by atoms with E-state index in [1.165, 1.54) is 0 Å². The molecular weight excluding hydrogens is 522 g/mol. The fraction of sp³-hybridized carbons (Fsp3) is 0.345. The molecule has 0 unspecified atom stereocenters. The van der Waals surface area contributed by atoms with Crippen LogP contribution in [0.1, 0.15) is 39.6 Å². The van der Waals surface area contributed by atoms with Gasteiger partial charge in [0.15, 0.2) is 0 Å². The molecule has 2 N–H and O–H groups in total. The molecule has 0 spiro atoms. The number of rotatable bonds is 5. The number of carbonyl (C=O) groups excluding carboxylic acids is 2. The van der Waals surface area contributed by atoms with Crippen LogP contribution in [0, 0.1) is 0 Å². The number of pyridine rings is 2. The summed E-state index contributed by atoms with van der Waals surface area (Å²) >= 11 is 0. The molecule has 2 fully saturated rings. The summed E-state index contributed by atoms with van der Waals surface area (Å²) < 4.78 is 9.06. The van der Waals surface area contributed by atoms with Crippen LogP contribution >= 0.6 is 0 Å². The molecule has 2 aliphatic rings. The predicted octanol–water partition coefficient (Wildman–Crippen LogP) is 3.07. The standard InChI is InChI=1S/C29H31N9O3/c1-35-5-3-22(4-6-35)38-18-21(15-32-38)34-28(39)20-12-23-24(16-31-27(23)30-14-20)19-2-7-37-26(13-19)25(17-33-37)29(40)36-8-10-41-11-9-36/h2,7,12-18,22H,3-6,8-11H2,1H3,(H,30,31)(H,34,39). The Morgan fingerprint density at radius 3 is 2.71 bits per heavy atom. The van der Waals surface area contributed by atoms with Crippen LogP contribution in [0.2, 0.25) is 0 Å². The third-order valence-electron chi connectivity index (χ3n) is 8.08. The molecule has 0 aromatic carbocycles. The normalized spacial score (nSPS) is 17.0. The Morgan fingerprint density at radius 2 is 1.88 bits per heavy atom. The van der Waals surface area contributed by atoms with Crippen molar-refractivity contribution in [3.05, 3.63) is 66.5 Å². The highest BCUT2D eigenvalue weighted by atomic mass is 16.5. The Balaban J connectivity index is 1.14. The van der Waals surface area contributed by atoms with Crippen molar-refractivity contribution in [2.75, 3.05) is 51.8 Å². The van der Waals surface area contributed by atoms with Crippen molar-refractivity contribution in [2.45, 2.75) is 18.9 Å². The minimum atomic E-state index is -0.251. The number of ether oxygens (including phenoxy) is 1. The first-order valence-electron chi connectivity index (χ1n) is 13.9. The van der Waals surface area contributed by atoms with Gasteiger partial charge in [0.1, 0.15) is 5.65 Å². The number of nitrogens with one attached hydrogen (secondary N) is 2. The van der Waals surface area contributed by atoms with E-state index in [-0.39, 0.29) is 11.8 Å². The third-order valence-corrected chi connectivity index (χ3v) is 8.08. The second kappa shape index (κ2) is 10.5. The molecule has 0 aliphatic carbocycles. The maximum absolute atomic E-state index is 13.2. The van der Waals surface area contributed by atoms with Crippen LogP contribution in [0.5, 0.6) is 0 Å².